The molecule has 2 rings (SSSR count). The van der Waals surface area contributed by atoms with E-state index in [1.165, 1.54) is 12.1 Å². The van der Waals surface area contributed by atoms with E-state index in [1.54, 1.807) is 24.3 Å². The lowest BCUT2D eigenvalue weighted by atomic mass is 10.2. The number of amides is 1. The third-order valence-electron chi connectivity index (χ3n) is 2.41. The van der Waals surface area contributed by atoms with E-state index in [9.17, 15) is 4.79 Å². The van der Waals surface area contributed by atoms with Gasteiger partial charge in [-0.25, -0.2) is 0 Å². The van der Waals surface area contributed by atoms with Crippen LogP contribution in [0.5, 0.6) is 11.5 Å². The SMILES string of the molecule is NC(=O)c1ccc(N)c(Oc2cc(Br)ccc2Cl)c1. The average Bonchev–Trinajstić information content (AvgIpc) is 2.36. The first-order valence-corrected chi connectivity index (χ1v) is 6.46. The summed E-state index contributed by atoms with van der Waals surface area (Å²) < 4.78 is 6.43. The number of carbonyl (C=O) groups is 1. The number of nitrogen functional groups attached to an aromatic ring is 1. The van der Waals surface area contributed by atoms with E-state index in [0.29, 0.717) is 27.8 Å². The number of benzene rings is 2. The van der Waals surface area contributed by atoms with E-state index in [0.717, 1.165) is 4.47 Å². The van der Waals surface area contributed by atoms with Gasteiger partial charge in [0.1, 0.15) is 5.75 Å². The Morgan fingerprint density at radius 2 is 1.89 bits per heavy atom. The highest BCUT2D eigenvalue weighted by Gasteiger charge is 2.09. The number of carbonyl (C=O) groups excluding carboxylic acids is 1. The molecule has 0 atom stereocenters. The Balaban J connectivity index is 2.40. The third kappa shape index (κ3) is 3.19. The molecule has 19 heavy (non-hydrogen) atoms. The number of ether oxygens (including phenoxy) is 1. The maximum atomic E-state index is 11.1. The summed E-state index contributed by atoms with van der Waals surface area (Å²) in [5.74, 6) is 0.214. The highest BCUT2D eigenvalue weighted by atomic mass is 79.9. The Kier molecular flexibility index (Phi) is 3.97. The largest absolute Gasteiger partial charge is 0.454 e. The van der Waals surface area contributed by atoms with E-state index in [1.807, 2.05) is 0 Å². The predicted octanol–water partition coefficient (Wildman–Crippen LogP) is 3.58. The molecular formula is C13H10BrClN2O2. The first-order valence-electron chi connectivity index (χ1n) is 5.29. The van der Waals surface area contributed by atoms with Crippen molar-refractivity contribution in [2.45, 2.75) is 0 Å². The molecule has 4 N–H and O–H groups in total. The minimum Gasteiger partial charge on any atom is -0.454 e. The van der Waals surface area contributed by atoms with Crippen molar-refractivity contribution < 1.29 is 9.53 Å². The minimum atomic E-state index is -0.551. The van der Waals surface area contributed by atoms with Crippen molar-refractivity contribution in [1.29, 1.82) is 0 Å². The van der Waals surface area contributed by atoms with Gasteiger partial charge in [0.15, 0.2) is 5.75 Å². The molecule has 0 aliphatic rings. The van der Waals surface area contributed by atoms with Crippen LogP contribution < -0.4 is 16.2 Å². The Labute approximate surface area is 123 Å². The van der Waals surface area contributed by atoms with Crippen LogP contribution in [0.4, 0.5) is 5.69 Å². The van der Waals surface area contributed by atoms with Crippen molar-refractivity contribution in [2.24, 2.45) is 5.73 Å². The smallest absolute Gasteiger partial charge is 0.248 e. The molecule has 4 nitrogen and oxygen atoms in total. The van der Waals surface area contributed by atoms with Gasteiger partial charge in [-0.3, -0.25) is 4.79 Å². The van der Waals surface area contributed by atoms with Gasteiger partial charge >= 0.3 is 0 Å². The lowest BCUT2D eigenvalue weighted by Crippen LogP contribution is -2.11. The van der Waals surface area contributed by atoms with Gasteiger partial charge in [-0.2, -0.15) is 0 Å². The van der Waals surface area contributed by atoms with Gasteiger partial charge in [-0.15, -0.1) is 0 Å². The summed E-state index contributed by atoms with van der Waals surface area (Å²) >= 11 is 9.34. The average molecular weight is 342 g/mol. The van der Waals surface area contributed by atoms with Crippen molar-refractivity contribution in [3.63, 3.8) is 0 Å². The van der Waals surface area contributed by atoms with E-state index in [4.69, 9.17) is 27.8 Å². The van der Waals surface area contributed by atoms with Crippen LogP contribution in [-0.4, -0.2) is 5.91 Å². The van der Waals surface area contributed by atoms with Crippen LogP contribution in [0.15, 0.2) is 40.9 Å². The molecule has 2 aromatic carbocycles. The Bertz CT molecular complexity index is 647. The highest BCUT2D eigenvalue weighted by molar-refractivity contribution is 9.10. The van der Waals surface area contributed by atoms with E-state index in [-0.39, 0.29) is 0 Å². The molecule has 0 spiro atoms. The molecule has 0 unspecified atom stereocenters. The number of halogens is 2. The number of rotatable bonds is 3. The summed E-state index contributed by atoms with van der Waals surface area (Å²) in [6.07, 6.45) is 0. The van der Waals surface area contributed by atoms with Gasteiger partial charge in [-0.05, 0) is 36.4 Å². The van der Waals surface area contributed by atoms with Gasteiger partial charge in [0.25, 0.3) is 0 Å². The molecule has 2 aromatic rings. The van der Waals surface area contributed by atoms with Crippen LogP contribution in [0.2, 0.25) is 5.02 Å². The zero-order chi connectivity index (χ0) is 14.0. The van der Waals surface area contributed by atoms with Crippen LogP contribution in [0.25, 0.3) is 0 Å². The summed E-state index contributed by atoms with van der Waals surface area (Å²) in [7, 11) is 0. The monoisotopic (exact) mass is 340 g/mol. The van der Waals surface area contributed by atoms with Crippen molar-refractivity contribution in [1.82, 2.24) is 0 Å². The lowest BCUT2D eigenvalue weighted by Gasteiger charge is -2.11. The van der Waals surface area contributed by atoms with Gasteiger partial charge in [0, 0.05) is 10.0 Å². The molecular weight excluding hydrogens is 332 g/mol. The lowest BCUT2D eigenvalue weighted by molar-refractivity contribution is 0.1000. The van der Waals surface area contributed by atoms with Gasteiger partial charge in [0.2, 0.25) is 5.91 Å². The first-order chi connectivity index (χ1) is 8.97. The van der Waals surface area contributed by atoms with Crippen molar-refractivity contribution in [3.05, 3.63) is 51.5 Å². The molecule has 6 heteroatoms. The number of hydrogen-bond acceptors (Lipinski definition) is 3. The third-order valence-corrected chi connectivity index (χ3v) is 3.22. The van der Waals surface area contributed by atoms with Gasteiger partial charge in [-0.1, -0.05) is 27.5 Å². The maximum absolute atomic E-state index is 11.1. The second-order valence-electron chi connectivity index (χ2n) is 3.79. The molecule has 0 fully saturated rings. The summed E-state index contributed by atoms with van der Waals surface area (Å²) in [5.41, 5.74) is 11.7. The molecule has 1 amide bonds. The fourth-order valence-corrected chi connectivity index (χ4v) is 1.95. The van der Waals surface area contributed by atoms with Crippen LogP contribution >= 0.6 is 27.5 Å². The zero-order valence-electron chi connectivity index (χ0n) is 9.69. The van der Waals surface area contributed by atoms with Crippen molar-refractivity contribution >= 4 is 39.1 Å². The summed E-state index contributed by atoms with van der Waals surface area (Å²) in [6, 6.07) is 9.76. The first kappa shape index (κ1) is 13.7. The molecule has 0 heterocycles. The van der Waals surface area contributed by atoms with Crippen LogP contribution in [0, 0.1) is 0 Å². The minimum absolute atomic E-state index is 0.315. The van der Waals surface area contributed by atoms with Crippen LogP contribution in [0.3, 0.4) is 0 Å². The molecule has 0 aliphatic heterocycles. The van der Waals surface area contributed by atoms with E-state index in [2.05, 4.69) is 15.9 Å². The second kappa shape index (κ2) is 5.50. The fourth-order valence-electron chi connectivity index (χ4n) is 1.45. The van der Waals surface area contributed by atoms with E-state index >= 15 is 0 Å². The Hall–Kier alpha value is -1.72. The fraction of sp³-hybridized carbons (Fsp3) is 0. The van der Waals surface area contributed by atoms with Crippen molar-refractivity contribution in [3.8, 4) is 11.5 Å². The normalized spacial score (nSPS) is 10.2. The topological polar surface area (TPSA) is 78.3 Å². The summed E-state index contributed by atoms with van der Waals surface area (Å²) in [6.45, 7) is 0. The van der Waals surface area contributed by atoms with Crippen molar-refractivity contribution in [2.75, 3.05) is 5.73 Å². The van der Waals surface area contributed by atoms with Crippen LogP contribution in [0.1, 0.15) is 10.4 Å². The number of primary amides is 1. The quantitative estimate of drug-likeness (QED) is 0.838. The molecule has 0 saturated heterocycles. The maximum Gasteiger partial charge on any atom is 0.248 e. The zero-order valence-corrected chi connectivity index (χ0v) is 12.0. The van der Waals surface area contributed by atoms with Gasteiger partial charge < -0.3 is 16.2 Å². The molecule has 0 aromatic heterocycles. The number of nitrogens with two attached hydrogens (primary N) is 2. The molecule has 0 saturated carbocycles. The summed E-state index contributed by atoms with van der Waals surface area (Å²) in [5, 5.41) is 0.437. The Morgan fingerprint density at radius 3 is 2.58 bits per heavy atom. The standard InChI is InChI=1S/C13H10BrClN2O2/c14-8-2-3-9(15)11(6-8)19-12-5-7(13(17)18)1-4-10(12)16/h1-6H,16H2,(H2,17,18). The summed E-state index contributed by atoms with van der Waals surface area (Å²) in [4.78, 5) is 11.1. The molecule has 0 radical (unpaired) electrons. The highest BCUT2D eigenvalue weighted by Crippen LogP contribution is 2.34. The number of anilines is 1. The Morgan fingerprint density at radius 1 is 1.16 bits per heavy atom. The van der Waals surface area contributed by atoms with Crippen LogP contribution in [-0.2, 0) is 0 Å². The number of hydrogen-bond donors (Lipinski definition) is 2. The second-order valence-corrected chi connectivity index (χ2v) is 5.12. The molecule has 0 aliphatic carbocycles. The predicted molar refractivity (Wildman–Crippen MR) is 78.6 cm³/mol. The van der Waals surface area contributed by atoms with Gasteiger partial charge in [0.05, 0.1) is 10.7 Å². The molecule has 0 bridgehead atoms. The molecule has 98 valence electrons. The van der Waals surface area contributed by atoms with E-state index < -0.39 is 5.91 Å².